The lowest BCUT2D eigenvalue weighted by atomic mass is 9.85. The van der Waals surface area contributed by atoms with E-state index in [1.165, 1.54) is 4.90 Å². The number of hydrogen-bond donors (Lipinski definition) is 0. The molecule has 0 spiro atoms. The molecule has 3 aromatic rings. The van der Waals surface area contributed by atoms with Crippen molar-refractivity contribution in [3.8, 4) is 5.75 Å². The molecule has 2 bridgehead atoms. The van der Waals surface area contributed by atoms with Crippen molar-refractivity contribution in [2.75, 3.05) is 4.90 Å². The van der Waals surface area contributed by atoms with E-state index >= 15 is 0 Å². The van der Waals surface area contributed by atoms with Crippen LogP contribution in [0.5, 0.6) is 5.75 Å². The molecular formula is C26H19NO4. The second-order valence-electron chi connectivity index (χ2n) is 8.43. The Labute approximate surface area is 178 Å². The van der Waals surface area contributed by atoms with Crippen molar-refractivity contribution in [1.29, 1.82) is 0 Å². The minimum Gasteiger partial charge on any atom is -0.422 e. The Morgan fingerprint density at radius 1 is 0.806 bits per heavy atom. The van der Waals surface area contributed by atoms with E-state index < -0.39 is 5.97 Å². The number of allylic oxidation sites excluding steroid dienone is 2. The summed E-state index contributed by atoms with van der Waals surface area (Å²) in [5.74, 6) is -0.375. The predicted octanol–water partition coefficient (Wildman–Crippen LogP) is 4.37. The summed E-state index contributed by atoms with van der Waals surface area (Å²) >= 11 is 0. The molecule has 1 saturated carbocycles. The molecule has 152 valence electrons. The molecule has 0 aromatic heterocycles. The monoisotopic (exact) mass is 409 g/mol. The van der Waals surface area contributed by atoms with Crippen LogP contribution in [0.4, 0.5) is 5.69 Å². The Bertz CT molecular complexity index is 1240. The molecule has 31 heavy (non-hydrogen) atoms. The number of anilines is 1. The molecule has 2 fully saturated rings. The van der Waals surface area contributed by atoms with Gasteiger partial charge in [0.05, 0.1) is 23.1 Å². The van der Waals surface area contributed by atoms with E-state index in [1.807, 2.05) is 36.4 Å². The first-order valence-electron chi connectivity index (χ1n) is 10.5. The summed E-state index contributed by atoms with van der Waals surface area (Å²) in [6.07, 6.45) is 5.05. The van der Waals surface area contributed by atoms with E-state index in [-0.39, 0.29) is 35.5 Å². The van der Waals surface area contributed by atoms with Gasteiger partial charge < -0.3 is 4.74 Å². The van der Waals surface area contributed by atoms with Crippen LogP contribution in [-0.2, 0) is 9.59 Å². The molecule has 3 aliphatic rings. The van der Waals surface area contributed by atoms with Crippen LogP contribution < -0.4 is 9.64 Å². The van der Waals surface area contributed by atoms with Gasteiger partial charge in [-0.15, -0.1) is 0 Å². The van der Waals surface area contributed by atoms with E-state index in [2.05, 4.69) is 12.2 Å². The minimum atomic E-state index is -0.485. The molecule has 1 saturated heterocycles. The highest BCUT2D eigenvalue weighted by Gasteiger charge is 2.59. The van der Waals surface area contributed by atoms with Crippen molar-refractivity contribution in [2.24, 2.45) is 23.7 Å². The Hall–Kier alpha value is -3.73. The third-order valence-electron chi connectivity index (χ3n) is 6.78. The Morgan fingerprint density at radius 3 is 2.16 bits per heavy atom. The Kier molecular flexibility index (Phi) is 3.87. The van der Waals surface area contributed by atoms with Gasteiger partial charge in [-0.1, -0.05) is 48.6 Å². The summed E-state index contributed by atoms with van der Waals surface area (Å²) < 4.78 is 5.62. The molecule has 0 radical (unpaired) electrons. The van der Waals surface area contributed by atoms with E-state index in [0.717, 1.165) is 17.2 Å². The third kappa shape index (κ3) is 2.66. The number of carbonyl (C=O) groups is 3. The highest BCUT2D eigenvalue weighted by molar-refractivity contribution is 6.22. The maximum atomic E-state index is 13.0. The molecule has 2 amide bonds. The van der Waals surface area contributed by atoms with Gasteiger partial charge in [0.2, 0.25) is 11.8 Å². The zero-order valence-electron chi connectivity index (χ0n) is 16.6. The van der Waals surface area contributed by atoms with Crippen molar-refractivity contribution >= 4 is 34.2 Å². The van der Waals surface area contributed by atoms with E-state index in [1.54, 1.807) is 30.3 Å². The average Bonchev–Trinajstić information content (AvgIpc) is 3.48. The van der Waals surface area contributed by atoms with Crippen molar-refractivity contribution in [3.63, 3.8) is 0 Å². The Morgan fingerprint density at radius 2 is 1.45 bits per heavy atom. The second-order valence-corrected chi connectivity index (χ2v) is 8.43. The van der Waals surface area contributed by atoms with Crippen LogP contribution in [0.1, 0.15) is 16.8 Å². The molecular weight excluding hydrogens is 390 g/mol. The fourth-order valence-electron chi connectivity index (χ4n) is 5.35. The maximum absolute atomic E-state index is 13.0. The minimum absolute atomic E-state index is 0.127. The maximum Gasteiger partial charge on any atom is 0.343 e. The van der Waals surface area contributed by atoms with E-state index in [9.17, 15) is 14.4 Å². The summed E-state index contributed by atoms with van der Waals surface area (Å²) in [5, 5.41) is 1.85. The number of imide groups is 1. The normalized spacial score (nSPS) is 26.0. The van der Waals surface area contributed by atoms with Gasteiger partial charge in [0.25, 0.3) is 0 Å². The highest BCUT2D eigenvalue weighted by Crippen LogP contribution is 2.53. The molecule has 1 heterocycles. The quantitative estimate of drug-likeness (QED) is 0.279. The van der Waals surface area contributed by atoms with E-state index in [0.29, 0.717) is 17.0 Å². The number of ether oxygens (including phenoxy) is 1. The average molecular weight is 409 g/mol. The first-order chi connectivity index (χ1) is 15.1. The van der Waals surface area contributed by atoms with Crippen LogP contribution >= 0.6 is 0 Å². The predicted molar refractivity (Wildman–Crippen MR) is 116 cm³/mol. The first-order valence-corrected chi connectivity index (χ1v) is 10.5. The van der Waals surface area contributed by atoms with Gasteiger partial charge in [-0.05, 0) is 54.0 Å². The summed E-state index contributed by atoms with van der Waals surface area (Å²) in [6.45, 7) is 0. The van der Waals surface area contributed by atoms with Crippen LogP contribution in [0.25, 0.3) is 10.8 Å². The molecule has 5 heteroatoms. The number of amides is 2. The number of esters is 1. The van der Waals surface area contributed by atoms with Gasteiger partial charge in [0.1, 0.15) is 5.75 Å². The molecule has 0 unspecified atom stereocenters. The SMILES string of the molecule is O=C(Oc1cccc2ccccc12)c1ccc(N2C(=O)[C@@H]3[C@H](C2=O)[C@H]2C=C[C@H]3C2)cc1. The van der Waals surface area contributed by atoms with Crippen LogP contribution in [-0.4, -0.2) is 17.8 Å². The lowest BCUT2D eigenvalue weighted by Gasteiger charge is -2.17. The van der Waals surface area contributed by atoms with Gasteiger partial charge in [-0.25, -0.2) is 4.79 Å². The second kappa shape index (κ2) is 6.64. The number of fused-ring (bicyclic) bond motifs is 6. The summed E-state index contributed by atoms with van der Waals surface area (Å²) in [4.78, 5) is 39.9. The van der Waals surface area contributed by atoms with Gasteiger partial charge in [-0.2, -0.15) is 0 Å². The lowest BCUT2D eigenvalue weighted by molar-refractivity contribution is -0.123. The topological polar surface area (TPSA) is 63.7 Å². The molecule has 6 rings (SSSR count). The zero-order valence-corrected chi connectivity index (χ0v) is 16.6. The Balaban J connectivity index is 1.24. The molecule has 2 aliphatic carbocycles. The first kappa shape index (κ1) is 18.1. The van der Waals surface area contributed by atoms with Crippen molar-refractivity contribution in [2.45, 2.75) is 6.42 Å². The molecule has 5 nitrogen and oxygen atoms in total. The molecule has 3 aromatic carbocycles. The summed E-state index contributed by atoms with van der Waals surface area (Å²) in [7, 11) is 0. The number of carbonyl (C=O) groups excluding carboxylic acids is 3. The van der Waals surface area contributed by atoms with Crippen LogP contribution in [0.15, 0.2) is 78.9 Å². The van der Waals surface area contributed by atoms with Crippen LogP contribution in [0.3, 0.4) is 0 Å². The number of nitrogens with zero attached hydrogens (tertiary/aromatic N) is 1. The molecule has 4 atom stereocenters. The summed E-state index contributed by atoms with van der Waals surface area (Å²) in [5.41, 5.74) is 0.864. The third-order valence-corrected chi connectivity index (χ3v) is 6.78. The fourth-order valence-corrected chi connectivity index (χ4v) is 5.35. The standard InChI is InChI=1S/C26H19NO4/c28-24-22-17-8-9-18(14-17)23(22)25(29)27(24)19-12-10-16(11-13-19)26(30)31-21-7-3-5-15-4-1-2-6-20(15)21/h1-13,17-18,22-23H,14H2/t17-,18-,22-,23+/m0/s1. The summed E-state index contributed by atoms with van der Waals surface area (Å²) in [6, 6.07) is 19.8. The van der Waals surface area contributed by atoms with Crippen molar-refractivity contribution in [1.82, 2.24) is 0 Å². The number of hydrogen-bond acceptors (Lipinski definition) is 4. The van der Waals surface area contributed by atoms with Gasteiger partial charge >= 0.3 is 5.97 Å². The smallest absolute Gasteiger partial charge is 0.343 e. The fraction of sp³-hybridized carbons (Fsp3) is 0.192. The molecule has 0 N–H and O–H groups in total. The van der Waals surface area contributed by atoms with Crippen molar-refractivity contribution in [3.05, 3.63) is 84.4 Å². The van der Waals surface area contributed by atoms with Gasteiger partial charge in [0.15, 0.2) is 0 Å². The van der Waals surface area contributed by atoms with Crippen molar-refractivity contribution < 1.29 is 19.1 Å². The van der Waals surface area contributed by atoms with Crippen LogP contribution in [0.2, 0.25) is 0 Å². The number of benzene rings is 3. The van der Waals surface area contributed by atoms with E-state index in [4.69, 9.17) is 4.74 Å². The van der Waals surface area contributed by atoms with Gasteiger partial charge in [-0.3, -0.25) is 14.5 Å². The number of rotatable bonds is 3. The van der Waals surface area contributed by atoms with Gasteiger partial charge in [0, 0.05) is 5.39 Å². The largest absolute Gasteiger partial charge is 0.422 e. The highest BCUT2D eigenvalue weighted by atomic mass is 16.5. The molecule has 1 aliphatic heterocycles. The zero-order chi connectivity index (χ0) is 21.1. The van der Waals surface area contributed by atoms with Crippen LogP contribution in [0, 0.1) is 23.7 Å². The lowest BCUT2D eigenvalue weighted by Crippen LogP contribution is -2.32.